The van der Waals surface area contributed by atoms with Crippen molar-refractivity contribution in [2.45, 2.75) is 27.2 Å². The molecule has 16 heavy (non-hydrogen) atoms. The Labute approximate surface area is 107 Å². The van der Waals surface area contributed by atoms with Crippen LogP contribution in [0.4, 0.5) is 0 Å². The molecule has 0 aromatic carbocycles. The van der Waals surface area contributed by atoms with Crippen LogP contribution in [0.1, 0.15) is 27.2 Å². The van der Waals surface area contributed by atoms with Crippen LogP contribution in [0, 0.1) is 11.8 Å². The molecule has 1 unspecified atom stereocenters. The lowest BCUT2D eigenvalue weighted by Crippen LogP contribution is -2.27. The number of ketones is 1. The van der Waals surface area contributed by atoms with Gasteiger partial charge in [0, 0.05) is 12.5 Å². The van der Waals surface area contributed by atoms with Crippen LogP contribution in [0.25, 0.3) is 0 Å². The van der Waals surface area contributed by atoms with Gasteiger partial charge in [-0.25, -0.2) is 0 Å². The van der Waals surface area contributed by atoms with E-state index in [4.69, 9.17) is 0 Å². The molecule has 0 aliphatic carbocycles. The van der Waals surface area contributed by atoms with E-state index in [0.717, 1.165) is 13.0 Å². The van der Waals surface area contributed by atoms with Gasteiger partial charge in [0.2, 0.25) is 0 Å². The third-order valence-electron chi connectivity index (χ3n) is 1.92. The van der Waals surface area contributed by atoms with Crippen LogP contribution in [0.15, 0.2) is 0 Å². The second-order valence-electron chi connectivity index (χ2n) is 4.70. The predicted molar refractivity (Wildman–Crippen MR) is 74.4 cm³/mol. The lowest BCUT2D eigenvalue weighted by Gasteiger charge is -2.19. The summed E-state index contributed by atoms with van der Waals surface area (Å²) < 4.78 is 0. The molecule has 100 valence electrons. The average molecular weight is 253 g/mol. The third kappa shape index (κ3) is 16.3. The van der Waals surface area contributed by atoms with Gasteiger partial charge in [-0.15, -0.1) is 12.4 Å². The largest absolute Gasteiger partial charge is 0.323 e. The molecule has 0 aliphatic heterocycles. The number of hydrogen-bond acceptors (Lipinski definition) is 3. The van der Waals surface area contributed by atoms with Gasteiger partial charge in [-0.3, -0.25) is 4.79 Å². The fraction of sp³-hybridized carbons (Fsp3) is 0.917. The highest BCUT2D eigenvalue weighted by atomic mass is 35.5. The molecule has 0 radical (unpaired) electrons. The number of hydrogen-bond donors (Lipinski definition) is 1. The van der Waals surface area contributed by atoms with E-state index >= 15 is 0 Å². The zero-order valence-electron chi connectivity index (χ0n) is 11.8. The third-order valence-corrected chi connectivity index (χ3v) is 1.92. The van der Waals surface area contributed by atoms with Crippen molar-refractivity contribution in [1.29, 1.82) is 0 Å². The molecule has 0 heterocycles. The van der Waals surface area contributed by atoms with Crippen molar-refractivity contribution in [1.82, 2.24) is 10.2 Å². The SMILES string of the molecule is CC(=O)C(CC(C)C)CN(C)C.CNC.Cl. The Kier molecular flexibility index (Phi) is 17.2. The molecule has 0 spiro atoms. The van der Waals surface area contributed by atoms with Gasteiger partial charge < -0.3 is 10.2 Å². The molecule has 0 bridgehead atoms. The minimum Gasteiger partial charge on any atom is -0.323 e. The monoisotopic (exact) mass is 252 g/mol. The maximum absolute atomic E-state index is 11.2. The molecule has 3 nitrogen and oxygen atoms in total. The molecule has 0 aliphatic rings. The van der Waals surface area contributed by atoms with Gasteiger partial charge in [-0.05, 0) is 47.5 Å². The standard InChI is InChI=1S/C10H21NO.C2H7N.ClH/c1-8(2)6-10(9(3)12)7-11(4)5;1-3-2;/h8,10H,6-7H2,1-5H3;3H,1-2H3;1H. The molecule has 1 N–H and O–H groups in total. The van der Waals surface area contributed by atoms with Crippen LogP contribution < -0.4 is 5.32 Å². The van der Waals surface area contributed by atoms with E-state index in [1.807, 2.05) is 28.2 Å². The highest BCUT2D eigenvalue weighted by Crippen LogP contribution is 2.13. The summed E-state index contributed by atoms with van der Waals surface area (Å²) in [6, 6.07) is 0. The van der Waals surface area contributed by atoms with Crippen LogP contribution >= 0.6 is 12.4 Å². The van der Waals surface area contributed by atoms with Crippen molar-refractivity contribution < 1.29 is 4.79 Å². The lowest BCUT2D eigenvalue weighted by atomic mass is 9.93. The molecule has 0 fully saturated rings. The van der Waals surface area contributed by atoms with Crippen LogP contribution in [0.2, 0.25) is 0 Å². The Hall–Kier alpha value is -0.120. The van der Waals surface area contributed by atoms with Gasteiger partial charge in [-0.1, -0.05) is 13.8 Å². The van der Waals surface area contributed by atoms with Gasteiger partial charge in [-0.2, -0.15) is 0 Å². The van der Waals surface area contributed by atoms with Crippen molar-refractivity contribution in [3.8, 4) is 0 Å². The lowest BCUT2D eigenvalue weighted by molar-refractivity contribution is -0.121. The van der Waals surface area contributed by atoms with Crippen LogP contribution in [0.5, 0.6) is 0 Å². The van der Waals surface area contributed by atoms with Crippen LogP contribution in [-0.2, 0) is 4.79 Å². The summed E-state index contributed by atoms with van der Waals surface area (Å²) in [6.07, 6.45) is 1.01. The average Bonchev–Trinajstić information content (AvgIpc) is 2.02. The summed E-state index contributed by atoms with van der Waals surface area (Å²) in [5.74, 6) is 1.15. The van der Waals surface area contributed by atoms with Crippen molar-refractivity contribution in [2.24, 2.45) is 11.8 Å². The van der Waals surface area contributed by atoms with Gasteiger partial charge in [0.1, 0.15) is 5.78 Å². The van der Waals surface area contributed by atoms with Gasteiger partial charge in [0.05, 0.1) is 0 Å². The Bertz CT molecular complexity index is 151. The number of carbonyl (C=O) groups excluding carboxylic acids is 1. The number of rotatable bonds is 5. The van der Waals surface area contributed by atoms with Crippen LogP contribution in [-0.4, -0.2) is 45.4 Å². The first-order chi connectivity index (χ1) is 6.84. The molecule has 0 saturated carbocycles. The van der Waals surface area contributed by atoms with E-state index in [-0.39, 0.29) is 18.3 Å². The van der Waals surface area contributed by atoms with Gasteiger partial charge in [0.25, 0.3) is 0 Å². The van der Waals surface area contributed by atoms with E-state index in [2.05, 4.69) is 24.1 Å². The van der Waals surface area contributed by atoms with E-state index < -0.39 is 0 Å². The molecule has 0 aromatic heterocycles. The van der Waals surface area contributed by atoms with Crippen molar-refractivity contribution in [3.05, 3.63) is 0 Å². The molecule has 0 amide bonds. The zero-order valence-corrected chi connectivity index (χ0v) is 12.6. The summed E-state index contributed by atoms with van der Waals surface area (Å²) in [5.41, 5.74) is 0. The Morgan fingerprint density at radius 3 is 1.81 bits per heavy atom. The topological polar surface area (TPSA) is 32.3 Å². The summed E-state index contributed by atoms with van der Waals surface area (Å²) in [7, 11) is 7.77. The fourth-order valence-electron chi connectivity index (χ4n) is 1.38. The summed E-state index contributed by atoms with van der Waals surface area (Å²) in [6.45, 7) is 6.89. The maximum Gasteiger partial charge on any atom is 0.134 e. The minimum atomic E-state index is 0. The van der Waals surface area contributed by atoms with E-state index in [0.29, 0.717) is 11.7 Å². The first-order valence-corrected chi connectivity index (χ1v) is 5.58. The minimum absolute atomic E-state index is 0. The van der Waals surface area contributed by atoms with E-state index in [1.165, 1.54) is 0 Å². The molecule has 0 rings (SSSR count). The first-order valence-electron chi connectivity index (χ1n) is 5.58. The first kappa shape index (κ1) is 21.2. The summed E-state index contributed by atoms with van der Waals surface area (Å²) in [4.78, 5) is 13.3. The number of nitrogens with one attached hydrogen (secondary N) is 1. The number of nitrogens with zero attached hydrogens (tertiary/aromatic N) is 1. The van der Waals surface area contributed by atoms with Gasteiger partial charge >= 0.3 is 0 Å². The molecular formula is C12H29ClN2O. The van der Waals surface area contributed by atoms with Crippen molar-refractivity contribution in [2.75, 3.05) is 34.7 Å². The van der Waals surface area contributed by atoms with Gasteiger partial charge in [0.15, 0.2) is 0 Å². The number of halogens is 1. The molecule has 4 heteroatoms. The summed E-state index contributed by atoms with van der Waals surface area (Å²) >= 11 is 0. The quantitative estimate of drug-likeness (QED) is 0.813. The smallest absolute Gasteiger partial charge is 0.134 e. The second-order valence-corrected chi connectivity index (χ2v) is 4.70. The maximum atomic E-state index is 11.2. The van der Waals surface area contributed by atoms with Crippen molar-refractivity contribution in [3.63, 3.8) is 0 Å². The molecule has 0 aromatic rings. The van der Waals surface area contributed by atoms with Crippen molar-refractivity contribution >= 4 is 18.2 Å². The van der Waals surface area contributed by atoms with E-state index in [9.17, 15) is 4.79 Å². The highest BCUT2D eigenvalue weighted by Gasteiger charge is 2.16. The van der Waals surface area contributed by atoms with Crippen LogP contribution in [0.3, 0.4) is 0 Å². The highest BCUT2D eigenvalue weighted by molar-refractivity contribution is 5.85. The fourth-order valence-corrected chi connectivity index (χ4v) is 1.38. The summed E-state index contributed by atoms with van der Waals surface area (Å²) in [5, 5.41) is 2.75. The molecule has 0 saturated heterocycles. The number of carbonyl (C=O) groups is 1. The van der Waals surface area contributed by atoms with E-state index in [1.54, 1.807) is 6.92 Å². The number of Topliss-reactive ketones (excluding diaryl/α,β-unsaturated/α-hetero) is 1. The second kappa shape index (κ2) is 12.9. The Balaban J connectivity index is -0.000000377. The zero-order chi connectivity index (χ0) is 12.4. The normalized spacial score (nSPS) is 11.6. The predicted octanol–water partition coefficient (Wildman–Crippen LogP) is 2.06. The Morgan fingerprint density at radius 2 is 1.62 bits per heavy atom. The Morgan fingerprint density at radius 1 is 1.25 bits per heavy atom. The molecule has 1 atom stereocenters. The molecular weight excluding hydrogens is 224 g/mol.